The maximum absolute atomic E-state index is 12.2. The molecule has 1 saturated carbocycles. The van der Waals surface area contributed by atoms with Crippen molar-refractivity contribution < 1.29 is 22.0 Å². The second kappa shape index (κ2) is 4.91. The molecule has 3 nitrogen and oxygen atoms in total. The largest absolute Gasteiger partial charge is 0.299 e. The highest BCUT2D eigenvalue weighted by Gasteiger charge is 2.47. The van der Waals surface area contributed by atoms with E-state index in [-0.39, 0.29) is 16.6 Å². The predicted octanol–water partition coefficient (Wildman–Crippen LogP) is 2.81. The smallest absolute Gasteiger partial charge is 0.252 e. The van der Waals surface area contributed by atoms with Crippen molar-refractivity contribution in [2.75, 3.05) is 5.75 Å². The van der Waals surface area contributed by atoms with Crippen LogP contribution in [0.15, 0.2) is 29.2 Å². The maximum atomic E-state index is 12.2. The minimum absolute atomic E-state index is 0.0573. The molecule has 1 aromatic carbocycles. The lowest BCUT2D eigenvalue weighted by Gasteiger charge is -2.42. The molecule has 6 heteroatoms. The van der Waals surface area contributed by atoms with E-state index >= 15 is 0 Å². The Morgan fingerprint density at radius 1 is 1.25 bits per heavy atom. The Bertz CT molecular complexity index is 618. The normalized spacial score (nSPS) is 21.9. The third-order valence-electron chi connectivity index (χ3n) is 3.97. The van der Waals surface area contributed by atoms with Crippen LogP contribution in [0.5, 0.6) is 0 Å². The van der Waals surface area contributed by atoms with Crippen LogP contribution in [0.2, 0.25) is 0 Å². The molecule has 1 aliphatic carbocycles. The van der Waals surface area contributed by atoms with E-state index in [0.29, 0.717) is 6.42 Å². The van der Waals surface area contributed by atoms with Gasteiger partial charge in [0.1, 0.15) is 11.5 Å². The Morgan fingerprint density at radius 2 is 1.80 bits per heavy atom. The highest BCUT2D eigenvalue weighted by molar-refractivity contribution is 7.91. The van der Waals surface area contributed by atoms with Crippen molar-refractivity contribution in [3.8, 4) is 0 Å². The highest BCUT2D eigenvalue weighted by atomic mass is 32.2. The Morgan fingerprint density at radius 3 is 2.20 bits per heavy atom. The molecule has 1 unspecified atom stereocenters. The number of carbonyl (C=O) groups is 1. The van der Waals surface area contributed by atoms with Gasteiger partial charge in [-0.15, -0.1) is 0 Å². The summed E-state index contributed by atoms with van der Waals surface area (Å²) in [4.78, 5) is 11.4. The molecule has 1 aliphatic rings. The van der Waals surface area contributed by atoms with Gasteiger partial charge in [-0.1, -0.05) is 26.0 Å². The molecule has 1 fully saturated rings. The molecular weight excluding hydrogens is 286 g/mol. The van der Waals surface area contributed by atoms with Crippen LogP contribution < -0.4 is 0 Å². The van der Waals surface area contributed by atoms with E-state index in [2.05, 4.69) is 0 Å². The van der Waals surface area contributed by atoms with Gasteiger partial charge < -0.3 is 0 Å². The monoisotopic (exact) mass is 302 g/mol. The molecule has 0 bridgehead atoms. The number of ketones is 1. The first kappa shape index (κ1) is 15.1. The topological polar surface area (TPSA) is 51.2 Å². The van der Waals surface area contributed by atoms with E-state index in [1.807, 2.05) is 13.8 Å². The number of rotatable bonds is 4. The molecule has 20 heavy (non-hydrogen) atoms. The molecule has 0 amide bonds. The van der Waals surface area contributed by atoms with Crippen LogP contribution in [-0.4, -0.2) is 26.4 Å². The third kappa shape index (κ3) is 2.61. The zero-order chi connectivity index (χ0) is 15.1. The summed E-state index contributed by atoms with van der Waals surface area (Å²) in [6.45, 7) is 3.70. The van der Waals surface area contributed by atoms with Gasteiger partial charge in [0.05, 0.1) is 4.90 Å². The van der Waals surface area contributed by atoms with Crippen molar-refractivity contribution in [1.82, 2.24) is 0 Å². The average molecular weight is 302 g/mol. The first-order chi connectivity index (χ1) is 9.14. The fourth-order valence-corrected chi connectivity index (χ4v) is 3.55. The molecule has 0 radical (unpaired) electrons. The van der Waals surface area contributed by atoms with E-state index < -0.39 is 27.4 Å². The van der Waals surface area contributed by atoms with Crippen molar-refractivity contribution in [1.29, 1.82) is 0 Å². The van der Waals surface area contributed by atoms with Crippen LogP contribution in [0, 0.1) is 5.41 Å². The molecule has 0 aromatic heterocycles. The van der Waals surface area contributed by atoms with E-state index in [1.54, 1.807) is 12.1 Å². The van der Waals surface area contributed by atoms with Crippen LogP contribution >= 0.6 is 0 Å². The van der Waals surface area contributed by atoms with Gasteiger partial charge in [0.25, 0.3) is 6.43 Å². The fraction of sp³-hybridized carbons (Fsp3) is 0.500. The van der Waals surface area contributed by atoms with Crippen LogP contribution in [0.4, 0.5) is 8.78 Å². The molecule has 0 aliphatic heterocycles. The van der Waals surface area contributed by atoms with Crippen LogP contribution in [0.1, 0.15) is 31.7 Å². The van der Waals surface area contributed by atoms with E-state index in [9.17, 15) is 22.0 Å². The summed E-state index contributed by atoms with van der Waals surface area (Å²) in [5, 5.41) is 0. The zero-order valence-corrected chi connectivity index (χ0v) is 12.1. The number of sulfone groups is 1. The molecule has 0 spiro atoms. The highest BCUT2D eigenvalue weighted by Crippen LogP contribution is 2.49. The summed E-state index contributed by atoms with van der Waals surface area (Å²) in [5.41, 5.74) is 0.425. The molecule has 0 saturated heterocycles. The van der Waals surface area contributed by atoms with E-state index in [0.717, 1.165) is 5.56 Å². The quantitative estimate of drug-likeness (QED) is 0.859. The number of benzene rings is 1. The second-order valence-corrected chi connectivity index (χ2v) is 7.68. The SMILES string of the molecule is CC1(C)C(=O)CC1c1ccc(S(=O)(=O)CC(F)F)cc1. The number of hydrogen-bond donors (Lipinski definition) is 0. The number of alkyl halides is 2. The zero-order valence-electron chi connectivity index (χ0n) is 11.3. The Balaban J connectivity index is 2.22. The lowest BCUT2D eigenvalue weighted by molar-refractivity contribution is -0.137. The minimum atomic E-state index is -3.95. The van der Waals surface area contributed by atoms with Crippen molar-refractivity contribution in [2.24, 2.45) is 5.41 Å². The van der Waals surface area contributed by atoms with Crippen LogP contribution in [-0.2, 0) is 14.6 Å². The summed E-state index contributed by atoms with van der Waals surface area (Å²) in [5.74, 6) is -0.932. The van der Waals surface area contributed by atoms with Gasteiger partial charge in [0.2, 0.25) is 0 Å². The second-order valence-electron chi connectivity index (χ2n) is 5.64. The molecule has 1 atom stereocenters. The van der Waals surface area contributed by atoms with E-state index in [1.165, 1.54) is 12.1 Å². The van der Waals surface area contributed by atoms with Gasteiger partial charge in [0.15, 0.2) is 9.84 Å². The minimum Gasteiger partial charge on any atom is -0.299 e. The molecular formula is C14H16F2O3S. The van der Waals surface area contributed by atoms with Crippen molar-refractivity contribution in [3.05, 3.63) is 29.8 Å². The Labute approximate surface area is 116 Å². The number of carbonyl (C=O) groups excluding carboxylic acids is 1. The average Bonchev–Trinajstić information content (AvgIpc) is 2.34. The van der Waals surface area contributed by atoms with Gasteiger partial charge in [-0.3, -0.25) is 4.79 Å². The summed E-state index contributed by atoms with van der Waals surface area (Å²) < 4.78 is 47.7. The van der Waals surface area contributed by atoms with Crippen LogP contribution in [0.3, 0.4) is 0 Å². The fourth-order valence-electron chi connectivity index (χ4n) is 2.47. The summed E-state index contributed by atoms with van der Waals surface area (Å²) in [6.07, 6.45) is -2.45. The van der Waals surface area contributed by atoms with Crippen molar-refractivity contribution >= 4 is 15.6 Å². The molecule has 2 rings (SSSR count). The maximum Gasteiger partial charge on any atom is 0.252 e. The third-order valence-corrected chi connectivity index (χ3v) is 5.65. The Kier molecular flexibility index (Phi) is 3.71. The molecule has 0 N–H and O–H groups in total. The van der Waals surface area contributed by atoms with Gasteiger partial charge >= 0.3 is 0 Å². The van der Waals surface area contributed by atoms with E-state index in [4.69, 9.17) is 0 Å². The van der Waals surface area contributed by atoms with Crippen molar-refractivity contribution in [2.45, 2.75) is 37.5 Å². The molecule has 110 valence electrons. The molecule has 0 heterocycles. The van der Waals surface area contributed by atoms with Crippen LogP contribution in [0.25, 0.3) is 0 Å². The number of Topliss-reactive ketones (excluding diaryl/α,β-unsaturated/α-hetero) is 1. The van der Waals surface area contributed by atoms with Gasteiger partial charge in [-0.2, -0.15) is 0 Å². The summed E-state index contributed by atoms with van der Waals surface area (Å²) in [7, 11) is -3.95. The number of halogens is 2. The first-order valence-electron chi connectivity index (χ1n) is 6.29. The lowest BCUT2D eigenvalue weighted by atomic mass is 9.59. The standard InChI is InChI=1S/C14H16F2O3S/c1-14(2)11(7-12(14)17)9-3-5-10(6-4-9)20(18,19)8-13(15)16/h3-6,11,13H,7-8H2,1-2H3. The van der Waals surface area contributed by atoms with Crippen molar-refractivity contribution in [3.63, 3.8) is 0 Å². The predicted molar refractivity (Wildman–Crippen MR) is 70.6 cm³/mol. The van der Waals surface area contributed by atoms with Gasteiger partial charge in [-0.05, 0) is 17.7 Å². The van der Waals surface area contributed by atoms with Gasteiger partial charge in [0, 0.05) is 17.8 Å². The summed E-state index contributed by atoms with van der Waals surface area (Å²) >= 11 is 0. The molecule has 1 aromatic rings. The lowest BCUT2D eigenvalue weighted by Crippen LogP contribution is -2.43. The summed E-state index contributed by atoms with van der Waals surface area (Å²) in [6, 6.07) is 5.90. The Hall–Kier alpha value is -1.30. The number of hydrogen-bond acceptors (Lipinski definition) is 3. The van der Waals surface area contributed by atoms with Gasteiger partial charge in [-0.25, -0.2) is 17.2 Å². The first-order valence-corrected chi connectivity index (χ1v) is 7.94.